The molecule has 4 aliphatic rings. The molecule has 0 radical (unpaired) electrons. The van der Waals surface area contributed by atoms with Crippen LogP contribution in [0.5, 0.6) is 5.75 Å². The first-order valence-corrected chi connectivity index (χ1v) is 18.7. The van der Waals surface area contributed by atoms with Crippen molar-refractivity contribution in [2.24, 2.45) is 17.3 Å². The Morgan fingerprint density at radius 2 is 1.86 bits per heavy atom. The number of benzene rings is 2. The molecule has 2 aromatic rings. The summed E-state index contributed by atoms with van der Waals surface area (Å²) in [7, 11) is 0. The Morgan fingerprint density at radius 3 is 2.64 bits per heavy atom. The minimum absolute atomic E-state index is 0.0952. The Bertz CT molecular complexity index is 1490. The van der Waals surface area contributed by atoms with Gasteiger partial charge in [-0.1, -0.05) is 42.8 Å². The number of aryl methyl sites for hydroxylation is 2. The maximum atomic E-state index is 14.0. The molecular formula is C40H54N4O6. The predicted molar refractivity (Wildman–Crippen MR) is 190 cm³/mol. The van der Waals surface area contributed by atoms with Crippen molar-refractivity contribution in [2.75, 3.05) is 32.9 Å². The molecule has 1 saturated heterocycles. The zero-order valence-corrected chi connectivity index (χ0v) is 29.6. The zero-order valence-electron chi connectivity index (χ0n) is 29.6. The Kier molecular flexibility index (Phi) is 12.1. The lowest BCUT2D eigenvalue weighted by atomic mass is 9.52. The van der Waals surface area contributed by atoms with Gasteiger partial charge in [0.25, 0.3) is 0 Å². The van der Waals surface area contributed by atoms with E-state index in [1.165, 1.54) is 32.1 Å². The molecule has 270 valence electrons. The van der Waals surface area contributed by atoms with E-state index in [0.717, 1.165) is 41.7 Å². The van der Waals surface area contributed by atoms with Gasteiger partial charge in [-0.05, 0) is 111 Å². The first kappa shape index (κ1) is 35.9. The maximum absolute atomic E-state index is 14.0. The smallest absolute Gasteiger partial charge is 0.243 e. The molecule has 0 aromatic heterocycles. The molecule has 6 rings (SSSR count). The van der Waals surface area contributed by atoms with Crippen LogP contribution in [0.4, 0.5) is 0 Å². The number of hydrogen-bond donors (Lipinski definition) is 3. The zero-order chi connectivity index (χ0) is 34.9. The van der Waals surface area contributed by atoms with E-state index in [2.05, 4.69) is 16.0 Å². The van der Waals surface area contributed by atoms with Crippen molar-refractivity contribution in [3.05, 3.63) is 65.2 Å². The number of fused-ring (bicyclic) bond motifs is 4. The number of carbonyl (C=O) groups excluding carboxylic acids is 4. The van der Waals surface area contributed by atoms with Crippen LogP contribution < -0.4 is 20.7 Å². The SMILES string of the molecule is Cc1ccc2cc1CNC(=O)[C@H](CCc1ccccc1)NC(=O)[C@@H](NC(=O)CCOCC1CC3(CCC3)C1)CC(=O)N1CCCC(CCO2)C1. The van der Waals surface area contributed by atoms with Crippen LogP contribution in [0.15, 0.2) is 48.5 Å². The largest absolute Gasteiger partial charge is 0.494 e. The van der Waals surface area contributed by atoms with Crippen LogP contribution in [-0.2, 0) is 36.9 Å². The van der Waals surface area contributed by atoms with Crippen molar-refractivity contribution >= 4 is 23.6 Å². The number of nitrogens with one attached hydrogen (secondary N) is 3. The molecule has 50 heavy (non-hydrogen) atoms. The van der Waals surface area contributed by atoms with Crippen LogP contribution in [0, 0.1) is 24.2 Å². The van der Waals surface area contributed by atoms with Crippen LogP contribution in [0.2, 0.25) is 0 Å². The Balaban J connectivity index is 1.14. The lowest BCUT2D eigenvalue weighted by molar-refractivity contribution is -0.138. The van der Waals surface area contributed by atoms with E-state index in [1.807, 2.05) is 60.4 Å². The van der Waals surface area contributed by atoms with Crippen molar-refractivity contribution in [3.8, 4) is 5.75 Å². The Hall–Kier alpha value is -3.92. The second kappa shape index (κ2) is 16.9. The molecule has 2 aliphatic carbocycles. The monoisotopic (exact) mass is 686 g/mol. The fraction of sp³-hybridized carbons (Fsp3) is 0.600. The summed E-state index contributed by atoms with van der Waals surface area (Å²) in [4.78, 5) is 56.3. The van der Waals surface area contributed by atoms with Gasteiger partial charge in [0.2, 0.25) is 23.6 Å². The van der Waals surface area contributed by atoms with Gasteiger partial charge in [0, 0.05) is 32.7 Å². The number of piperidine rings is 1. The summed E-state index contributed by atoms with van der Waals surface area (Å²) in [5.41, 5.74) is 3.58. The van der Waals surface area contributed by atoms with Crippen LogP contribution >= 0.6 is 0 Å². The molecule has 3 N–H and O–H groups in total. The Labute approximate surface area is 296 Å². The molecule has 10 nitrogen and oxygen atoms in total. The van der Waals surface area contributed by atoms with Gasteiger partial charge < -0.3 is 30.3 Å². The highest BCUT2D eigenvalue weighted by Crippen LogP contribution is 2.58. The molecule has 4 bridgehead atoms. The van der Waals surface area contributed by atoms with E-state index < -0.39 is 18.0 Å². The third-order valence-electron chi connectivity index (χ3n) is 11.4. The van der Waals surface area contributed by atoms with Crippen LogP contribution in [0.3, 0.4) is 0 Å². The number of ether oxygens (including phenoxy) is 2. The maximum Gasteiger partial charge on any atom is 0.243 e. The number of amides is 4. The van der Waals surface area contributed by atoms with E-state index in [1.54, 1.807) is 0 Å². The summed E-state index contributed by atoms with van der Waals surface area (Å²) in [5.74, 6) is 0.192. The molecule has 2 aromatic carbocycles. The highest BCUT2D eigenvalue weighted by Gasteiger charge is 2.47. The van der Waals surface area contributed by atoms with Crippen molar-refractivity contribution in [1.82, 2.24) is 20.9 Å². The number of carbonyl (C=O) groups is 4. The lowest BCUT2D eigenvalue weighted by Gasteiger charge is -2.54. The average molecular weight is 687 g/mol. The highest BCUT2D eigenvalue weighted by atomic mass is 16.5. The minimum Gasteiger partial charge on any atom is -0.494 e. The van der Waals surface area contributed by atoms with E-state index in [-0.39, 0.29) is 49.6 Å². The van der Waals surface area contributed by atoms with Crippen molar-refractivity contribution in [2.45, 2.75) is 103 Å². The molecule has 3 atom stereocenters. The van der Waals surface area contributed by atoms with Gasteiger partial charge in [-0.25, -0.2) is 0 Å². The van der Waals surface area contributed by atoms with Gasteiger partial charge in [0.15, 0.2) is 0 Å². The molecule has 4 amide bonds. The summed E-state index contributed by atoms with van der Waals surface area (Å²) in [5, 5.41) is 8.77. The van der Waals surface area contributed by atoms with Crippen LogP contribution in [0.1, 0.15) is 87.3 Å². The van der Waals surface area contributed by atoms with Gasteiger partial charge in [0.05, 0.1) is 19.6 Å². The van der Waals surface area contributed by atoms with E-state index in [9.17, 15) is 19.2 Å². The fourth-order valence-electron chi connectivity index (χ4n) is 8.16. The molecule has 10 heteroatoms. The topological polar surface area (TPSA) is 126 Å². The van der Waals surface area contributed by atoms with Crippen molar-refractivity contribution in [1.29, 1.82) is 0 Å². The van der Waals surface area contributed by atoms with Crippen LogP contribution in [0.25, 0.3) is 0 Å². The third kappa shape index (κ3) is 9.65. The summed E-state index contributed by atoms with van der Waals surface area (Å²) in [6.07, 6.45) is 9.96. The van der Waals surface area contributed by atoms with Gasteiger partial charge >= 0.3 is 0 Å². The average Bonchev–Trinajstić information content (AvgIpc) is 3.08. The molecular weight excluding hydrogens is 632 g/mol. The van der Waals surface area contributed by atoms with Gasteiger partial charge in [0.1, 0.15) is 17.8 Å². The van der Waals surface area contributed by atoms with Gasteiger partial charge in [-0.2, -0.15) is 0 Å². The first-order valence-electron chi connectivity index (χ1n) is 18.7. The summed E-state index contributed by atoms with van der Waals surface area (Å²) in [6.45, 7) is 4.90. The Morgan fingerprint density at radius 1 is 1.04 bits per heavy atom. The lowest BCUT2D eigenvalue weighted by Crippen LogP contribution is -2.55. The molecule has 3 fully saturated rings. The van der Waals surface area contributed by atoms with Crippen molar-refractivity contribution < 1.29 is 28.7 Å². The standard InChI is InChI=1S/C40H54N4O6/c1-28-10-12-33-21-32(28)25-41-38(47)34(13-11-29-7-3-2-4-8-29)43-39(48)35(22-37(46)44-18-5-9-30(26-44)14-20-50-33)42-36(45)15-19-49-27-31-23-40(24-31)16-6-17-40/h2-4,7-8,10,12,21,30-31,34-35H,5-6,9,11,13-20,22-27H2,1H3,(H,41,47)(H,42,45)(H,43,48)/t30?,34-,35-/m0/s1. The summed E-state index contributed by atoms with van der Waals surface area (Å²) < 4.78 is 12.0. The van der Waals surface area contributed by atoms with Gasteiger partial charge in [-0.15, -0.1) is 0 Å². The molecule has 2 aliphatic heterocycles. The summed E-state index contributed by atoms with van der Waals surface area (Å²) in [6, 6.07) is 13.7. The van der Waals surface area contributed by atoms with Crippen molar-refractivity contribution in [3.63, 3.8) is 0 Å². The third-order valence-corrected chi connectivity index (χ3v) is 11.4. The van der Waals surface area contributed by atoms with E-state index in [0.29, 0.717) is 50.5 Å². The molecule has 2 heterocycles. The normalized spacial score (nSPS) is 24.5. The highest BCUT2D eigenvalue weighted by molar-refractivity contribution is 5.95. The van der Waals surface area contributed by atoms with Gasteiger partial charge in [-0.3, -0.25) is 19.2 Å². The second-order valence-corrected chi connectivity index (χ2v) is 15.2. The second-order valence-electron chi connectivity index (χ2n) is 15.2. The predicted octanol–water partition coefficient (Wildman–Crippen LogP) is 4.61. The minimum atomic E-state index is -1.12. The number of nitrogens with zero attached hydrogens (tertiary/aromatic N) is 1. The quantitative estimate of drug-likeness (QED) is 0.331. The van der Waals surface area contributed by atoms with Crippen LogP contribution in [-0.4, -0.2) is 73.5 Å². The molecule has 1 unspecified atom stereocenters. The first-order chi connectivity index (χ1) is 24.2. The fourth-order valence-corrected chi connectivity index (χ4v) is 8.16. The summed E-state index contributed by atoms with van der Waals surface area (Å²) >= 11 is 0. The molecule has 1 spiro atoms. The van der Waals surface area contributed by atoms with E-state index >= 15 is 0 Å². The number of hydrogen-bond acceptors (Lipinski definition) is 6. The number of rotatable bonds is 9. The van der Waals surface area contributed by atoms with E-state index in [4.69, 9.17) is 9.47 Å². The molecule has 2 saturated carbocycles.